The zero-order chi connectivity index (χ0) is 19.7. The molecule has 1 aliphatic heterocycles. The molecule has 0 unspecified atom stereocenters. The van der Waals surface area contributed by atoms with Crippen molar-refractivity contribution < 1.29 is 0 Å². The number of rotatable bonds is 4. The van der Waals surface area contributed by atoms with Crippen molar-refractivity contribution in [2.45, 2.75) is 54.6 Å². The first-order valence-electron chi connectivity index (χ1n) is 9.57. The molecule has 2 fully saturated rings. The SMILES string of the molecule is NCc1nc(N2CCC3(CCC[C@H]3N)CC2)cnc1Sc1ccnc(Cl)c1Cl. The van der Waals surface area contributed by atoms with Crippen LogP contribution >= 0.6 is 35.0 Å². The standard InChI is InChI=1S/C19H24Cl2N6S/c20-16-13(3-7-24-17(16)21)28-18-12(10-22)26-15(11-25-18)27-8-5-19(6-9-27)4-1-2-14(19)23/h3,7,11,14H,1-2,4-6,8-10,22-23H2/t14-/m1/s1. The van der Waals surface area contributed by atoms with Crippen molar-refractivity contribution in [3.8, 4) is 0 Å². The molecule has 1 saturated carbocycles. The highest BCUT2D eigenvalue weighted by molar-refractivity contribution is 7.99. The minimum absolute atomic E-state index is 0.276. The molecule has 3 heterocycles. The van der Waals surface area contributed by atoms with Crippen molar-refractivity contribution in [3.05, 3.63) is 34.3 Å². The van der Waals surface area contributed by atoms with Gasteiger partial charge in [-0.2, -0.15) is 0 Å². The summed E-state index contributed by atoms with van der Waals surface area (Å²) in [6, 6.07) is 2.15. The summed E-state index contributed by atoms with van der Waals surface area (Å²) in [4.78, 5) is 16.5. The van der Waals surface area contributed by atoms with Crippen LogP contribution in [-0.2, 0) is 6.54 Å². The topological polar surface area (TPSA) is 94.0 Å². The Balaban J connectivity index is 1.50. The number of halogens is 2. The number of nitrogens with zero attached hydrogens (tertiary/aromatic N) is 4. The van der Waals surface area contributed by atoms with E-state index in [1.807, 2.05) is 12.3 Å². The summed E-state index contributed by atoms with van der Waals surface area (Å²) in [6.07, 6.45) is 9.36. The van der Waals surface area contributed by atoms with E-state index >= 15 is 0 Å². The van der Waals surface area contributed by atoms with Crippen LogP contribution in [-0.4, -0.2) is 34.1 Å². The van der Waals surface area contributed by atoms with Gasteiger partial charge in [-0.15, -0.1) is 0 Å². The van der Waals surface area contributed by atoms with Crippen LogP contribution in [0.25, 0.3) is 0 Å². The number of anilines is 1. The Labute approximate surface area is 179 Å². The molecule has 1 spiro atoms. The lowest BCUT2D eigenvalue weighted by molar-refractivity contribution is 0.197. The summed E-state index contributed by atoms with van der Waals surface area (Å²) in [5, 5.41) is 1.43. The highest BCUT2D eigenvalue weighted by Crippen LogP contribution is 2.46. The summed E-state index contributed by atoms with van der Waals surface area (Å²) >= 11 is 13.7. The van der Waals surface area contributed by atoms with Crippen molar-refractivity contribution >= 4 is 40.8 Å². The van der Waals surface area contributed by atoms with Crippen LogP contribution in [0, 0.1) is 5.41 Å². The van der Waals surface area contributed by atoms with Gasteiger partial charge in [0.2, 0.25) is 0 Å². The molecule has 0 amide bonds. The molecule has 2 aromatic rings. The highest BCUT2D eigenvalue weighted by Gasteiger charge is 2.43. The van der Waals surface area contributed by atoms with Crippen molar-refractivity contribution in [1.29, 1.82) is 0 Å². The maximum atomic E-state index is 6.40. The van der Waals surface area contributed by atoms with Gasteiger partial charge in [-0.05, 0) is 37.2 Å². The van der Waals surface area contributed by atoms with Crippen molar-refractivity contribution in [2.75, 3.05) is 18.0 Å². The molecule has 1 saturated heterocycles. The van der Waals surface area contributed by atoms with Crippen LogP contribution in [0.5, 0.6) is 0 Å². The van der Waals surface area contributed by atoms with Crippen LogP contribution in [0.4, 0.5) is 5.82 Å². The average Bonchev–Trinajstić information content (AvgIpc) is 3.06. The lowest BCUT2D eigenvalue weighted by Crippen LogP contribution is -2.47. The Morgan fingerprint density at radius 1 is 1.21 bits per heavy atom. The minimum Gasteiger partial charge on any atom is -0.355 e. The lowest BCUT2D eigenvalue weighted by atomic mass is 9.74. The minimum atomic E-state index is 0.276. The number of hydrogen-bond donors (Lipinski definition) is 2. The molecule has 2 aromatic heterocycles. The molecule has 1 atom stereocenters. The van der Waals surface area contributed by atoms with E-state index in [9.17, 15) is 0 Å². The predicted molar refractivity (Wildman–Crippen MR) is 114 cm³/mol. The maximum absolute atomic E-state index is 6.40. The number of aromatic nitrogens is 3. The van der Waals surface area contributed by atoms with E-state index in [1.165, 1.54) is 24.6 Å². The Kier molecular flexibility index (Phi) is 5.99. The smallest absolute Gasteiger partial charge is 0.148 e. The summed E-state index contributed by atoms with van der Waals surface area (Å²) < 4.78 is 0. The number of piperidine rings is 1. The van der Waals surface area contributed by atoms with Gasteiger partial charge in [-0.1, -0.05) is 41.4 Å². The molecule has 150 valence electrons. The zero-order valence-corrected chi connectivity index (χ0v) is 17.9. The first-order valence-corrected chi connectivity index (χ1v) is 11.1. The number of hydrogen-bond acceptors (Lipinski definition) is 7. The average molecular weight is 439 g/mol. The molecule has 4 rings (SSSR count). The number of nitrogens with two attached hydrogens (primary N) is 2. The van der Waals surface area contributed by atoms with Gasteiger partial charge in [0.1, 0.15) is 16.0 Å². The van der Waals surface area contributed by atoms with Crippen LogP contribution in [0.1, 0.15) is 37.8 Å². The summed E-state index contributed by atoms with van der Waals surface area (Å²) in [5.41, 5.74) is 13.4. The van der Waals surface area contributed by atoms with E-state index in [0.717, 1.165) is 53.8 Å². The van der Waals surface area contributed by atoms with Gasteiger partial charge in [-0.3, -0.25) is 0 Å². The van der Waals surface area contributed by atoms with Gasteiger partial charge >= 0.3 is 0 Å². The molecule has 4 N–H and O–H groups in total. The van der Waals surface area contributed by atoms with E-state index in [4.69, 9.17) is 39.7 Å². The van der Waals surface area contributed by atoms with Gasteiger partial charge in [0, 0.05) is 36.8 Å². The fourth-order valence-electron chi connectivity index (χ4n) is 4.33. The zero-order valence-electron chi connectivity index (χ0n) is 15.6. The largest absolute Gasteiger partial charge is 0.355 e. The van der Waals surface area contributed by atoms with Crippen molar-refractivity contribution in [1.82, 2.24) is 15.0 Å². The third-order valence-electron chi connectivity index (χ3n) is 6.06. The molecular formula is C19H24Cl2N6S. The fraction of sp³-hybridized carbons (Fsp3) is 0.526. The van der Waals surface area contributed by atoms with Crippen LogP contribution in [0.15, 0.2) is 28.4 Å². The second-order valence-corrected chi connectivity index (χ2v) is 9.31. The Morgan fingerprint density at radius 3 is 2.68 bits per heavy atom. The van der Waals surface area contributed by atoms with Crippen molar-refractivity contribution in [3.63, 3.8) is 0 Å². The molecule has 1 aliphatic carbocycles. The molecule has 6 nitrogen and oxygen atoms in total. The van der Waals surface area contributed by atoms with E-state index in [-0.39, 0.29) is 5.15 Å². The Morgan fingerprint density at radius 2 is 2.00 bits per heavy atom. The van der Waals surface area contributed by atoms with E-state index in [2.05, 4.69) is 14.9 Å². The summed E-state index contributed by atoms with van der Waals surface area (Å²) in [5.74, 6) is 0.880. The van der Waals surface area contributed by atoms with E-state index in [1.54, 1.807) is 6.20 Å². The first-order chi connectivity index (χ1) is 13.5. The molecule has 9 heteroatoms. The van der Waals surface area contributed by atoms with Gasteiger partial charge in [-0.25, -0.2) is 15.0 Å². The normalized spacial score (nSPS) is 21.4. The highest BCUT2D eigenvalue weighted by atomic mass is 35.5. The second-order valence-electron chi connectivity index (χ2n) is 7.55. The molecular weight excluding hydrogens is 415 g/mol. The molecule has 0 bridgehead atoms. The Bertz CT molecular complexity index is 856. The summed E-state index contributed by atoms with van der Waals surface area (Å²) in [6.45, 7) is 2.23. The third kappa shape index (κ3) is 3.83. The maximum Gasteiger partial charge on any atom is 0.148 e. The van der Waals surface area contributed by atoms with Gasteiger partial charge in [0.25, 0.3) is 0 Å². The van der Waals surface area contributed by atoms with E-state index < -0.39 is 0 Å². The second kappa shape index (κ2) is 8.32. The summed E-state index contributed by atoms with van der Waals surface area (Å²) in [7, 11) is 0. The molecule has 0 radical (unpaired) electrons. The van der Waals surface area contributed by atoms with Gasteiger partial charge < -0.3 is 16.4 Å². The Hall–Kier alpha value is -1.12. The molecule has 2 aliphatic rings. The van der Waals surface area contributed by atoms with Crippen molar-refractivity contribution in [2.24, 2.45) is 16.9 Å². The van der Waals surface area contributed by atoms with Crippen LogP contribution < -0.4 is 16.4 Å². The number of pyridine rings is 1. The first kappa shape index (κ1) is 20.2. The van der Waals surface area contributed by atoms with Crippen LogP contribution in [0.2, 0.25) is 10.2 Å². The van der Waals surface area contributed by atoms with E-state index in [0.29, 0.717) is 23.0 Å². The quantitative estimate of drug-likeness (QED) is 0.698. The monoisotopic (exact) mass is 438 g/mol. The third-order valence-corrected chi connectivity index (χ3v) is 8.04. The lowest BCUT2D eigenvalue weighted by Gasteiger charge is -2.42. The van der Waals surface area contributed by atoms with Gasteiger partial charge in [0.05, 0.1) is 16.9 Å². The molecule has 0 aromatic carbocycles. The van der Waals surface area contributed by atoms with Gasteiger partial charge in [0.15, 0.2) is 0 Å². The fourth-order valence-corrected chi connectivity index (χ4v) is 5.65. The predicted octanol–water partition coefficient (Wildman–Crippen LogP) is 3.89. The molecule has 28 heavy (non-hydrogen) atoms. The van der Waals surface area contributed by atoms with Crippen LogP contribution in [0.3, 0.4) is 0 Å².